The van der Waals surface area contributed by atoms with Gasteiger partial charge in [0.15, 0.2) is 0 Å². The molecule has 1 aliphatic rings. The van der Waals surface area contributed by atoms with Crippen molar-refractivity contribution < 1.29 is 28.3 Å². The Balaban J connectivity index is 1.64. The van der Waals surface area contributed by atoms with Gasteiger partial charge in [-0.15, -0.1) is 0 Å². The Morgan fingerprint density at radius 2 is 1.64 bits per heavy atom. The topological polar surface area (TPSA) is 112 Å². The molecule has 1 aliphatic carbocycles. The highest BCUT2D eigenvalue weighted by Crippen LogP contribution is 2.41. The molecule has 0 atom stereocenters. The van der Waals surface area contributed by atoms with E-state index in [0.717, 1.165) is 36.1 Å². The van der Waals surface area contributed by atoms with E-state index in [1.165, 1.54) is 12.1 Å². The zero-order valence-electron chi connectivity index (χ0n) is 25.3. The lowest BCUT2D eigenvalue weighted by molar-refractivity contribution is -0.139. The van der Waals surface area contributed by atoms with Crippen molar-refractivity contribution in [3.63, 3.8) is 0 Å². The summed E-state index contributed by atoms with van der Waals surface area (Å²) < 4.78 is 20.0. The third kappa shape index (κ3) is 6.18. The summed E-state index contributed by atoms with van der Waals surface area (Å²) in [6.45, 7) is 5.52. The van der Waals surface area contributed by atoms with Crippen LogP contribution >= 0.6 is 0 Å². The van der Waals surface area contributed by atoms with Gasteiger partial charge in [0.25, 0.3) is 11.8 Å². The molecule has 1 aromatic heterocycles. The average Bonchev–Trinajstić information content (AvgIpc) is 3.39. The Morgan fingerprint density at radius 1 is 0.932 bits per heavy atom. The normalized spacial score (nSPS) is 14.3. The van der Waals surface area contributed by atoms with E-state index in [1.807, 2.05) is 24.3 Å². The first-order chi connectivity index (χ1) is 21.2. The predicted molar refractivity (Wildman–Crippen MR) is 170 cm³/mol. The Hall–Kier alpha value is -4.66. The number of carboxylic acid groups (broad SMARTS) is 1. The highest BCUT2D eigenvalue weighted by Gasteiger charge is 2.36. The van der Waals surface area contributed by atoms with E-state index >= 15 is 0 Å². The van der Waals surface area contributed by atoms with Crippen molar-refractivity contribution in [1.82, 2.24) is 10.6 Å². The van der Waals surface area contributed by atoms with Crippen molar-refractivity contribution in [3.05, 3.63) is 77.6 Å². The number of carbonyl (C=O) groups excluding carboxylic acids is 2. The van der Waals surface area contributed by atoms with Gasteiger partial charge in [-0.3, -0.25) is 14.4 Å². The summed E-state index contributed by atoms with van der Waals surface area (Å²) in [6.07, 6.45) is 3.93. The molecule has 0 bridgehead atoms. The van der Waals surface area contributed by atoms with Gasteiger partial charge in [-0.2, -0.15) is 0 Å². The maximum atomic E-state index is 13.7. The summed E-state index contributed by atoms with van der Waals surface area (Å²) in [7, 11) is 1.55. The fourth-order valence-electron chi connectivity index (χ4n) is 6.35. The minimum Gasteiger partial charge on any atom is -0.481 e. The van der Waals surface area contributed by atoms with Crippen LogP contribution in [0.25, 0.3) is 33.4 Å². The van der Waals surface area contributed by atoms with Crippen LogP contribution < -0.4 is 15.5 Å². The summed E-state index contributed by atoms with van der Waals surface area (Å²) in [5, 5.41) is 16.0. The number of carboxylic acids is 1. The highest BCUT2D eigenvalue weighted by molar-refractivity contribution is 6.13. The first-order valence-corrected chi connectivity index (χ1v) is 15.2. The smallest absolute Gasteiger partial charge is 0.305 e. The van der Waals surface area contributed by atoms with Crippen LogP contribution in [0.1, 0.15) is 73.1 Å². The molecule has 5 rings (SSSR count). The lowest BCUT2D eigenvalue weighted by Crippen LogP contribution is -2.51. The van der Waals surface area contributed by atoms with E-state index in [1.54, 1.807) is 31.3 Å². The Kier molecular flexibility index (Phi) is 9.04. The van der Waals surface area contributed by atoms with Crippen molar-refractivity contribution >= 4 is 34.4 Å². The molecule has 3 aromatic carbocycles. The van der Waals surface area contributed by atoms with E-state index in [0.29, 0.717) is 59.4 Å². The number of nitrogens with one attached hydrogen (secondary N) is 2. The van der Waals surface area contributed by atoms with Crippen LogP contribution in [0.15, 0.2) is 65.1 Å². The first-order valence-electron chi connectivity index (χ1n) is 15.2. The van der Waals surface area contributed by atoms with Crippen LogP contribution in [0.4, 0.5) is 10.1 Å². The molecule has 0 aliphatic heterocycles. The molecule has 230 valence electrons. The molecule has 2 amide bonds. The molecule has 1 saturated carbocycles. The molecule has 3 N–H and O–H groups in total. The third-order valence-corrected chi connectivity index (χ3v) is 8.59. The number of rotatable bonds is 10. The molecule has 0 saturated heterocycles. The molecule has 1 heterocycles. The molecule has 9 heteroatoms. The number of hydrogen-bond acceptors (Lipinski definition) is 5. The maximum absolute atomic E-state index is 13.7. The van der Waals surface area contributed by atoms with Crippen LogP contribution in [0.5, 0.6) is 0 Å². The molecular formula is C35H38FN3O5. The van der Waals surface area contributed by atoms with E-state index in [2.05, 4.69) is 29.4 Å². The predicted octanol–water partition coefficient (Wildman–Crippen LogP) is 7.02. The molecular weight excluding hydrogens is 561 g/mol. The quantitative estimate of drug-likeness (QED) is 0.181. The highest BCUT2D eigenvalue weighted by atomic mass is 19.1. The van der Waals surface area contributed by atoms with Crippen molar-refractivity contribution in [3.8, 4) is 22.5 Å². The van der Waals surface area contributed by atoms with Gasteiger partial charge in [0.2, 0.25) is 0 Å². The van der Waals surface area contributed by atoms with Crippen LogP contribution in [0.2, 0.25) is 0 Å². The number of aliphatic carboxylic acids is 1. The Labute approximate surface area is 256 Å². The Morgan fingerprint density at radius 3 is 2.27 bits per heavy atom. The third-order valence-electron chi connectivity index (χ3n) is 8.59. The van der Waals surface area contributed by atoms with Crippen LogP contribution in [-0.2, 0) is 4.79 Å². The van der Waals surface area contributed by atoms with E-state index in [-0.39, 0.29) is 18.2 Å². The molecule has 44 heavy (non-hydrogen) atoms. The second-order valence-corrected chi connectivity index (χ2v) is 11.4. The summed E-state index contributed by atoms with van der Waals surface area (Å²) in [6, 6.07) is 16.9. The van der Waals surface area contributed by atoms with Crippen LogP contribution in [-0.4, -0.2) is 48.6 Å². The number of fused-ring (bicyclic) bond motifs is 1. The largest absolute Gasteiger partial charge is 0.481 e. The minimum atomic E-state index is -0.926. The van der Waals surface area contributed by atoms with Gasteiger partial charge >= 0.3 is 5.97 Å². The van der Waals surface area contributed by atoms with Gasteiger partial charge in [0.1, 0.15) is 17.2 Å². The van der Waals surface area contributed by atoms with Crippen molar-refractivity contribution in [2.24, 2.45) is 0 Å². The van der Waals surface area contributed by atoms with E-state index in [4.69, 9.17) is 4.42 Å². The number of benzene rings is 3. The lowest BCUT2D eigenvalue weighted by atomic mass is 9.79. The van der Waals surface area contributed by atoms with Crippen LogP contribution in [0, 0.1) is 5.82 Å². The minimum absolute atomic E-state index is 0.111. The average molecular weight is 600 g/mol. The van der Waals surface area contributed by atoms with E-state index in [9.17, 15) is 23.9 Å². The van der Waals surface area contributed by atoms with Crippen LogP contribution in [0.3, 0.4) is 0 Å². The number of halogens is 1. The summed E-state index contributed by atoms with van der Waals surface area (Å²) in [5.41, 5.74) is 3.53. The maximum Gasteiger partial charge on any atom is 0.305 e. The summed E-state index contributed by atoms with van der Waals surface area (Å²) in [4.78, 5) is 40.7. The zero-order valence-corrected chi connectivity index (χ0v) is 25.3. The number of amides is 2. The van der Waals surface area contributed by atoms with Crippen molar-refractivity contribution in [1.29, 1.82) is 0 Å². The standard InChI is InChI=1S/C35H38FN3O5/c1-4-39(5-2)28-20-29-27(31(34(43)37-3)32(44-29)22-12-14-25(36)15-13-22)19-26(28)23-10-9-11-24(18-23)33(42)38-35(21-30(40)41)16-7-6-8-17-35/h9-15,18-20H,4-8,16-17,21H2,1-3H3,(H,37,43)(H,38,42)(H,40,41). The van der Waals surface area contributed by atoms with Crippen molar-refractivity contribution in [2.45, 2.75) is 57.9 Å². The van der Waals surface area contributed by atoms with Gasteiger partial charge in [-0.1, -0.05) is 31.4 Å². The zero-order chi connectivity index (χ0) is 31.4. The van der Waals surface area contributed by atoms with Gasteiger partial charge in [-0.05, 0) is 74.7 Å². The number of carbonyl (C=O) groups is 3. The fraction of sp³-hybridized carbons (Fsp3) is 0.343. The van der Waals surface area contributed by atoms with Crippen molar-refractivity contribution in [2.75, 3.05) is 25.0 Å². The molecule has 8 nitrogen and oxygen atoms in total. The first kappa shape index (κ1) is 30.8. The van der Waals surface area contributed by atoms with E-state index < -0.39 is 17.3 Å². The number of furan rings is 1. The Bertz CT molecular complexity index is 1680. The second kappa shape index (κ2) is 12.9. The van der Waals surface area contributed by atoms with Gasteiger partial charge in [-0.25, -0.2) is 4.39 Å². The fourth-order valence-corrected chi connectivity index (χ4v) is 6.35. The second-order valence-electron chi connectivity index (χ2n) is 11.4. The molecule has 0 spiro atoms. The van der Waals surface area contributed by atoms with Gasteiger partial charge in [0, 0.05) is 54.0 Å². The molecule has 0 unspecified atom stereocenters. The van der Waals surface area contributed by atoms with Gasteiger partial charge in [0.05, 0.1) is 17.5 Å². The number of nitrogens with zero attached hydrogens (tertiary/aromatic N) is 1. The number of hydrogen-bond donors (Lipinski definition) is 3. The lowest BCUT2D eigenvalue weighted by Gasteiger charge is -2.37. The van der Waals surface area contributed by atoms with Gasteiger partial charge < -0.3 is 25.1 Å². The molecule has 0 radical (unpaired) electrons. The molecule has 1 fully saturated rings. The monoisotopic (exact) mass is 599 g/mol. The summed E-state index contributed by atoms with van der Waals surface area (Å²) in [5.74, 6) is -1.63. The summed E-state index contributed by atoms with van der Waals surface area (Å²) >= 11 is 0. The SMILES string of the molecule is CCN(CC)c1cc2oc(-c3ccc(F)cc3)c(C(=O)NC)c2cc1-c1cccc(C(=O)NC2(CC(=O)O)CCCCC2)c1. The molecule has 4 aromatic rings. The number of anilines is 1.